The average Bonchev–Trinajstić information content (AvgIpc) is 2.83. The van der Waals surface area contributed by atoms with Gasteiger partial charge in [0.1, 0.15) is 37.4 Å². The SMILES string of the molecule is CC(=O)OC[C@@H](COc1ccc(C(C)(C)c2ccc(OC[C@@H](CCl)OC(C)=O)c(C)c2)cc1C)OC(C)=O. The Morgan fingerprint density at radius 3 is 1.58 bits per heavy atom. The van der Waals surface area contributed by atoms with Crippen LogP contribution in [0.15, 0.2) is 36.4 Å². The van der Waals surface area contributed by atoms with E-state index in [1.54, 1.807) is 0 Å². The Labute approximate surface area is 229 Å². The number of benzene rings is 2. The van der Waals surface area contributed by atoms with Gasteiger partial charge in [0.25, 0.3) is 0 Å². The Bertz CT molecular complexity index is 1130. The highest BCUT2D eigenvalue weighted by Gasteiger charge is 2.25. The monoisotopic (exact) mass is 548 g/mol. The van der Waals surface area contributed by atoms with Crippen molar-refractivity contribution in [3.63, 3.8) is 0 Å². The normalized spacial score (nSPS) is 12.7. The molecule has 38 heavy (non-hydrogen) atoms. The molecular weight excluding hydrogens is 512 g/mol. The van der Waals surface area contributed by atoms with Gasteiger partial charge in [0.15, 0.2) is 6.10 Å². The molecule has 0 aliphatic heterocycles. The number of alkyl halides is 1. The molecule has 0 N–H and O–H groups in total. The second-order valence-electron chi connectivity index (χ2n) is 9.63. The molecule has 0 amide bonds. The Morgan fingerprint density at radius 2 is 1.18 bits per heavy atom. The number of rotatable bonds is 13. The summed E-state index contributed by atoms with van der Waals surface area (Å²) in [6.45, 7) is 12.3. The number of esters is 3. The molecule has 0 radical (unpaired) electrons. The Balaban J connectivity index is 2.13. The number of ether oxygens (including phenoxy) is 5. The van der Waals surface area contributed by atoms with E-state index in [9.17, 15) is 14.4 Å². The number of carbonyl (C=O) groups excluding carboxylic acids is 3. The van der Waals surface area contributed by atoms with Crippen LogP contribution in [0.3, 0.4) is 0 Å². The number of halogens is 1. The largest absolute Gasteiger partial charge is 0.489 e. The van der Waals surface area contributed by atoms with E-state index in [1.165, 1.54) is 20.8 Å². The van der Waals surface area contributed by atoms with E-state index < -0.39 is 30.1 Å². The molecule has 8 nitrogen and oxygen atoms in total. The van der Waals surface area contributed by atoms with Crippen LogP contribution in [0.4, 0.5) is 0 Å². The molecule has 0 aromatic heterocycles. The van der Waals surface area contributed by atoms with Gasteiger partial charge >= 0.3 is 17.9 Å². The summed E-state index contributed by atoms with van der Waals surface area (Å²) in [5.41, 5.74) is 3.73. The minimum atomic E-state index is -0.704. The quantitative estimate of drug-likeness (QED) is 0.195. The molecule has 0 bridgehead atoms. The summed E-state index contributed by atoms with van der Waals surface area (Å²) in [6, 6.07) is 12.0. The topological polar surface area (TPSA) is 97.4 Å². The van der Waals surface area contributed by atoms with Crippen LogP contribution in [0.1, 0.15) is 56.9 Å². The lowest BCUT2D eigenvalue weighted by atomic mass is 9.77. The molecule has 2 aromatic carbocycles. The summed E-state index contributed by atoms with van der Waals surface area (Å²) in [6.07, 6.45) is -1.22. The lowest BCUT2D eigenvalue weighted by Gasteiger charge is -2.28. The van der Waals surface area contributed by atoms with E-state index in [-0.39, 0.29) is 31.1 Å². The predicted octanol–water partition coefficient (Wildman–Crippen LogP) is 5.05. The van der Waals surface area contributed by atoms with Crippen molar-refractivity contribution in [3.05, 3.63) is 58.7 Å². The summed E-state index contributed by atoms with van der Waals surface area (Å²) in [5.74, 6) is 0.162. The third-order valence-corrected chi connectivity index (χ3v) is 6.30. The van der Waals surface area contributed by atoms with E-state index in [2.05, 4.69) is 26.0 Å². The van der Waals surface area contributed by atoms with Crippen molar-refractivity contribution in [2.45, 2.75) is 66.1 Å². The van der Waals surface area contributed by atoms with Gasteiger partial charge < -0.3 is 23.7 Å². The van der Waals surface area contributed by atoms with Crippen LogP contribution in [-0.4, -0.2) is 55.8 Å². The molecular formula is C29H37ClO8. The van der Waals surface area contributed by atoms with E-state index in [0.717, 1.165) is 22.3 Å². The maximum absolute atomic E-state index is 11.4. The highest BCUT2D eigenvalue weighted by Crippen LogP contribution is 2.36. The molecule has 0 heterocycles. The van der Waals surface area contributed by atoms with Gasteiger partial charge in [0, 0.05) is 26.2 Å². The van der Waals surface area contributed by atoms with Crippen LogP contribution in [0, 0.1) is 13.8 Å². The summed E-state index contributed by atoms with van der Waals surface area (Å²) >= 11 is 5.87. The summed E-state index contributed by atoms with van der Waals surface area (Å²) in [4.78, 5) is 33.7. The summed E-state index contributed by atoms with van der Waals surface area (Å²) in [7, 11) is 0. The van der Waals surface area contributed by atoms with Crippen molar-refractivity contribution >= 4 is 29.5 Å². The van der Waals surface area contributed by atoms with E-state index in [0.29, 0.717) is 11.5 Å². The maximum Gasteiger partial charge on any atom is 0.303 e. The van der Waals surface area contributed by atoms with Gasteiger partial charge in [-0.2, -0.15) is 0 Å². The first-order valence-electron chi connectivity index (χ1n) is 12.3. The molecule has 0 unspecified atom stereocenters. The zero-order chi connectivity index (χ0) is 28.5. The molecule has 2 aromatic rings. The van der Waals surface area contributed by atoms with Crippen molar-refractivity contribution in [3.8, 4) is 11.5 Å². The first-order valence-corrected chi connectivity index (χ1v) is 12.9. The minimum Gasteiger partial charge on any atom is -0.489 e. The van der Waals surface area contributed by atoms with E-state index in [1.807, 2.05) is 38.1 Å². The second kappa shape index (κ2) is 14.0. The first-order chi connectivity index (χ1) is 17.8. The van der Waals surface area contributed by atoms with Gasteiger partial charge in [0.05, 0.1) is 5.88 Å². The smallest absolute Gasteiger partial charge is 0.303 e. The summed E-state index contributed by atoms with van der Waals surface area (Å²) in [5, 5.41) is 0. The van der Waals surface area contributed by atoms with Crippen molar-refractivity contribution in [1.82, 2.24) is 0 Å². The highest BCUT2D eigenvalue weighted by atomic mass is 35.5. The van der Waals surface area contributed by atoms with Crippen LogP contribution >= 0.6 is 11.6 Å². The molecule has 2 rings (SSSR count). The second-order valence-corrected chi connectivity index (χ2v) is 9.94. The van der Waals surface area contributed by atoms with E-state index in [4.69, 9.17) is 35.3 Å². The number of aryl methyl sites for hydroxylation is 2. The standard InChI is InChI=1S/C29H37ClO8/c1-18-12-23(8-10-27(18)35-15-25(14-30)37-21(4)32)29(6,7)24-9-11-28(19(2)13-24)36-17-26(38-22(5)33)16-34-20(3)31/h8-13,25-26H,14-17H2,1-7H3/t25-,26+/m1/s1. The molecule has 0 fully saturated rings. The Kier molecular flexibility index (Phi) is 11.4. The average molecular weight is 549 g/mol. The highest BCUT2D eigenvalue weighted by molar-refractivity contribution is 6.18. The van der Waals surface area contributed by atoms with Gasteiger partial charge in [-0.3, -0.25) is 14.4 Å². The maximum atomic E-state index is 11.4. The molecule has 0 aliphatic carbocycles. The van der Waals surface area contributed by atoms with E-state index >= 15 is 0 Å². The van der Waals surface area contributed by atoms with Gasteiger partial charge in [0.2, 0.25) is 0 Å². The zero-order valence-corrected chi connectivity index (χ0v) is 23.8. The van der Waals surface area contributed by atoms with Crippen molar-refractivity contribution in [2.24, 2.45) is 0 Å². The van der Waals surface area contributed by atoms with Gasteiger partial charge in [-0.1, -0.05) is 38.1 Å². The molecule has 208 valence electrons. The third kappa shape index (κ3) is 9.24. The van der Waals surface area contributed by atoms with Crippen LogP contribution in [-0.2, 0) is 34.0 Å². The van der Waals surface area contributed by atoms with Crippen LogP contribution in [0.25, 0.3) is 0 Å². The fourth-order valence-corrected chi connectivity index (χ4v) is 3.99. The van der Waals surface area contributed by atoms with Crippen LogP contribution < -0.4 is 9.47 Å². The zero-order valence-electron chi connectivity index (χ0n) is 23.1. The molecule has 0 saturated heterocycles. The Hall–Kier alpha value is -3.26. The molecule has 0 aliphatic rings. The fourth-order valence-electron chi connectivity index (χ4n) is 3.84. The molecule has 0 spiro atoms. The number of hydrogen-bond acceptors (Lipinski definition) is 8. The minimum absolute atomic E-state index is 0.0547. The van der Waals surface area contributed by atoms with Crippen molar-refractivity contribution in [2.75, 3.05) is 25.7 Å². The van der Waals surface area contributed by atoms with Gasteiger partial charge in [-0.15, -0.1) is 11.6 Å². The predicted molar refractivity (Wildman–Crippen MR) is 144 cm³/mol. The lowest BCUT2D eigenvalue weighted by molar-refractivity contribution is -0.158. The summed E-state index contributed by atoms with van der Waals surface area (Å²) < 4.78 is 27.1. The number of carbonyl (C=O) groups is 3. The van der Waals surface area contributed by atoms with Gasteiger partial charge in [-0.05, 0) is 48.2 Å². The number of hydrogen-bond donors (Lipinski definition) is 0. The van der Waals surface area contributed by atoms with Crippen LogP contribution in [0.2, 0.25) is 0 Å². The van der Waals surface area contributed by atoms with Crippen molar-refractivity contribution in [1.29, 1.82) is 0 Å². The molecule has 9 heteroatoms. The van der Waals surface area contributed by atoms with Gasteiger partial charge in [-0.25, -0.2) is 0 Å². The molecule has 0 saturated carbocycles. The third-order valence-electron chi connectivity index (χ3n) is 5.95. The lowest BCUT2D eigenvalue weighted by Crippen LogP contribution is -2.30. The van der Waals surface area contributed by atoms with Crippen molar-refractivity contribution < 1.29 is 38.1 Å². The molecule has 2 atom stereocenters. The van der Waals surface area contributed by atoms with Crippen LogP contribution in [0.5, 0.6) is 11.5 Å². The fraction of sp³-hybridized carbons (Fsp3) is 0.483. The first kappa shape index (κ1) is 31.0. The Morgan fingerprint density at radius 1 is 0.737 bits per heavy atom.